The number of nitrogens with zero attached hydrogens (tertiary/aromatic N) is 2. The largest absolute Gasteiger partial charge is 0.311 e. The van der Waals surface area contributed by atoms with E-state index in [2.05, 4.69) is 36.3 Å². The lowest BCUT2D eigenvalue weighted by atomic mass is 9.82. The molecule has 0 spiro atoms. The number of aromatic nitrogens is 2. The van der Waals surface area contributed by atoms with E-state index in [1.807, 2.05) is 7.05 Å². The summed E-state index contributed by atoms with van der Waals surface area (Å²) in [6.45, 7) is 6.84. The first-order chi connectivity index (χ1) is 7.54. The smallest absolute Gasteiger partial charge is 0.134 e. The van der Waals surface area contributed by atoms with Gasteiger partial charge < -0.3 is 5.32 Å². The highest BCUT2D eigenvalue weighted by atomic mass is 32.1. The Hall–Kier alpha value is -0.480. The molecule has 90 valence electrons. The predicted molar refractivity (Wildman–Crippen MR) is 67.8 cm³/mol. The number of rotatable bonds is 3. The molecule has 1 N–H and O–H groups in total. The molecule has 3 nitrogen and oxygen atoms in total. The van der Waals surface area contributed by atoms with Crippen molar-refractivity contribution in [3.63, 3.8) is 0 Å². The highest BCUT2D eigenvalue weighted by Gasteiger charge is 2.37. The minimum absolute atomic E-state index is 0.316. The SMILES string of the molecule is CNC(C)c1nnc(C2CCCC2(C)C)s1. The molecule has 1 saturated carbocycles. The quantitative estimate of drug-likeness (QED) is 0.880. The Bertz CT molecular complexity index is 359. The topological polar surface area (TPSA) is 37.8 Å². The molecule has 0 radical (unpaired) electrons. The maximum absolute atomic E-state index is 4.39. The zero-order valence-corrected chi connectivity index (χ0v) is 11.4. The van der Waals surface area contributed by atoms with Gasteiger partial charge in [-0.1, -0.05) is 31.6 Å². The summed E-state index contributed by atoms with van der Waals surface area (Å²) in [6.07, 6.45) is 3.91. The molecule has 16 heavy (non-hydrogen) atoms. The Morgan fingerprint density at radius 1 is 1.44 bits per heavy atom. The Morgan fingerprint density at radius 3 is 2.75 bits per heavy atom. The maximum Gasteiger partial charge on any atom is 0.134 e. The van der Waals surface area contributed by atoms with E-state index < -0.39 is 0 Å². The summed E-state index contributed by atoms with van der Waals surface area (Å²) in [4.78, 5) is 0. The molecule has 1 aromatic heterocycles. The third-order valence-electron chi connectivity index (χ3n) is 3.82. The fraction of sp³-hybridized carbons (Fsp3) is 0.833. The fourth-order valence-electron chi connectivity index (χ4n) is 2.47. The first kappa shape index (κ1) is 12.0. The first-order valence-electron chi connectivity index (χ1n) is 6.05. The van der Waals surface area contributed by atoms with Gasteiger partial charge in [0.1, 0.15) is 10.0 Å². The van der Waals surface area contributed by atoms with Crippen molar-refractivity contribution < 1.29 is 0 Å². The highest BCUT2D eigenvalue weighted by molar-refractivity contribution is 7.11. The van der Waals surface area contributed by atoms with Gasteiger partial charge in [0, 0.05) is 5.92 Å². The Kier molecular flexibility index (Phi) is 3.31. The summed E-state index contributed by atoms with van der Waals surface area (Å²) in [5, 5.41) is 14.3. The summed E-state index contributed by atoms with van der Waals surface area (Å²) >= 11 is 1.78. The van der Waals surface area contributed by atoms with Crippen molar-refractivity contribution in [3.8, 4) is 0 Å². The minimum atomic E-state index is 0.316. The first-order valence-corrected chi connectivity index (χ1v) is 6.87. The molecule has 2 rings (SSSR count). The Balaban J connectivity index is 2.19. The molecule has 4 heteroatoms. The van der Waals surface area contributed by atoms with Crippen LogP contribution in [0.1, 0.15) is 62.0 Å². The number of hydrogen-bond acceptors (Lipinski definition) is 4. The lowest BCUT2D eigenvalue weighted by Gasteiger charge is -2.24. The second-order valence-electron chi connectivity index (χ2n) is 5.42. The van der Waals surface area contributed by atoms with Gasteiger partial charge in [0.05, 0.1) is 6.04 Å². The summed E-state index contributed by atoms with van der Waals surface area (Å²) in [7, 11) is 1.96. The van der Waals surface area contributed by atoms with Crippen molar-refractivity contribution in [1.82, 2.24) is 15.5 Å². The van der Waals surface area contributed by atoms with Gasteiger partial charge in [-0.15, -0.1) is 10.2 Å². The maximum atomic E-state index is 4.39. The summed E-state index contributed by atoms with van der Waals surface area (Å²) < 4.78 is 0. The predicted octanol–water partition coefficient (Wildman–Crippen LogP) is 3.11. The second-order valence-corrected chi connectivity index (χ2v) is 6.46. The van der Waals surface area contributed by atoms with Gasteiger partial charge in [-0.3, -0.25) is 0 Å². The van der Waals surface area contributed by atoms with E-state index in [0.29, 0.717) is 17.4 Å². The van der Waals surface area contributed by atoms with Crippen molar-refractivity contribution in [2.24, 2.45) is 5.41 Å². The molecule has 1 aliphatic carbocycles. The molecule has 2 unspecified atom stereocenters. The summed E-state index contributed by atoms with van der Waals surface area (Å²) in [5.74, 6) is 0.614. The van der Waals surface area contributed by atoms with Gasteiger partial charge in [-0.05, 0) is 32.2 Å². The lowest BCUT2D eigenvalue weighted by molar-refractivity contribution is 0.330. The van der Waals surface area contributed by atoms with Crippen LogP contribution in [-0.2, 0) is 0 Å². The number of hydrogen-bond donors (Lipinski definition) is 1. The molecule has 2 atom stereocenters. The van der Waals surface area contributed by atoms with Crippen LogP contribution in [0.2, 0.25) is 0 Å². The van der Waals surface area contributed by atoms with Gasteiger partial charge in [-0.2, -0.15) is 0 Å². The standard InChI is InChI=1S/C12H21N3S/c1-8(13-4)10-14-15-11(16-10)9-6-5-7-12(9,2)3/h8-9,13H,5-7H2,1-4H3. The summed E-state index contributed by atoms with van der Waals surface area (Å²) in [6, 6.07) is 0.316. The van der Waals surface area contributed by atoms with Gasteiger partial charge >= 0.3 is 0 Å². The third-order valence-corrected chi connectivity index (χ3v) is 5.03. The van der Waals surface area contributed by atoms with E-state index in [1.54, 1.807) is 11.3 Å². The van der Waals surface area contributed by atoms with E-state index in [-0.39, 0.29) is 0 Å². The van der Waals surface area contributed by atoms with Gasteiger partial charge in [0.15, 0.2) is 0 Å². The van der Waals surface area contributed by atoms with Crippen molar-refractivity contribution >= 4 is 11.3 Å². The van der Waals surface area contributed by atoms with Crippen molar-refractivity contribution in [2.75, 3.05) is 7.05 Å². The molecule has 0 amide bonds. The second kappa shape index (κ2) is 4.41. The van der Waals surface area contributed by atoms with Crippen molar-refractivity contribution in [2.45, 2.75) is 52.0 Å². The van der Waals surface area contributed by atoms with Gasteiger partial charge in [0.2, 0.25) is 0 Å². The van der Waals surface area contributed by atoms with Gasteiger partial charge in [-0.25, -0.2) is 0 Å². The zero-order valence-electron chi connectivity index (χ0n) is 10.6. The average molecular weight is 239 g/mol. The summed E-state index contributed by atoms with van der Waals surface area (Å²) in [5.41, 5.74) is 0.402. The van der Waals surface area contributed by atoms with Crippen LogP contribution in [0.5, 0.6) is 0 Å². The van der Waals surface area contributed by atoms with Crippen LogP contribution < -0.4 is 5.32 Å². The fourth-order valence-corrected chi connectivity index (χ4v) is 3.72. The van der Waals surface area contributed by atoms with Crippen LogP contribution in [-0.4, -0.2) is 17.2 Å². The monoisotopic (exact) mass is 239 g/mol. The molecule has 0 aliphatic heterocycles. The van der Waals surface area contributed by atoms with E-state index in [1.165, 1.54) is 24.3 Å². The van der Waals surface area contributed by atoms with E-state index in [0.717, 1.165) is 5.01 Å². The molecule has 1 fully saturated rings. The van der Waals surface area contributed by atoms with Crippen LogP contribution >= 0.6 is 11.3 Å². The van der Waals surface area contributed by atoms with E-state index in [4.69, 9.17) is 0 Å². The van der Waals surface area contributed by atoms with Crippen LogP contribution in [0.15, 0.2) is 0 Å². The lowest BCUT2D eigenvalue weighted by Crippen LogP contribution is -2.15. The molecule has 1 heterocycles. The molecule has 1 aliphatic rings. The Morgan fingerprint density at radius 2 is 2.19 bits per heavy atom. The van der Waals surface area contributed by atoms with E-state index >= 15 is 0 Å². The molecule has 0 saturated heterocycles. The van der Waals surface area contributed by atoms with Crippen LogP contribution in [0.3, 0.4) is 0 Å². The molecule has 0 aromatic carbocycles. The molecule has 0 bridgehead atoms. The minimum Gasteiger partial charge on any atom is -0.311 e. The average Bonchev–Trinajstić information content (AvgIpc) is 2.82. The third kappa shape index (κ3) is 2.13. The Labute approximate surface area is 102 Å². The zero-order chi connectivity index (χ0) is 11.8. The molecular formula is C12H21N3S. The molecule has 1 aromatic rings. The molecular weight excluding hydrogens is 218 g/mol. The van der Waals surface area contributed by atoms with Crippen LogP contribution in [0.4, 0.5) is 0 Å². The van der Waals surface area contributed by atoms with Gasteiger partial charge in [0.25, 0.3) is 0 Å². The van der Waals surface area contributed by atoms with Crippen LogP contribution in [0, 0.1) is 5.41 Å². The normalized spacial score (nSPS) is 25.9. The van der Waals surface area contributed by atoms with Crippen molar-refractivity contribution in [3.05, 3.63) is 10.0 Å². The highest BCUT2D eigenvalue weighted by Crippen LogP contribution is 2.49. The van der Waals surface area contributed by atoms with E-state index in [9.17, 15) is 0 Å². The van der Waals surface area contributed by atoms with Crippen molar-refractivity contribution in [1.29, 1.82) is 0 Å². The number of nitrogens with one attached hydrogen (secondary N) is 1. The van der Waals surface area contributed by atoms with Crippen LogP contribution in [0.25, 0.3) is 0 Å².